The fourth-order valence-electron chi connectivity index (χ4n) is 4.50. The molecule has 154 valence electrons. The molecule has 2 heterocycles. The number of nitrogens with zero attached hydrogens (tertiary/aromatic N) is 1. The summed E-state index contributed by atoms with van der Waals surface area (Å²) in [5.41, 5.74) is 4.35. The normalized spacial score (nSPS) is 22.8. The number of likely N-dealkylation sites (tertiary alicyclic amines) is 1. The van der Waals surface area contributed by atoms with E-state index >= 15 is 0 Å². The number of hydrogen-bond acceptors (Lipinski definition) is 4. The molecule has 6 heteroatoms. The topological polar surface area (TPSA) is 73.5 Å². The number of anilines is 1. The summed E-state index contributed by atoms with van der Waals surface area (Å²) in [5.74, 6) is 0.572. The molecule has 28 heavy (non-hydrogen) atoms. The van der Waals surface area contributed by atoms with E-state index in [9.17, 15) is 9.59 Å². The van der Waals surface area contributed by atoms with E-state index in [1.807, 2.05) is 13.8 Å². The van der Waals surface area contributed by atoms with Crippen LogP contribution in [0.25, 0.3) is 0 Å². The van der Waals surface area contributed by atoms with Crippen LogP contribution in [0, 0.1) is 26.7 Å². The van der Waals surface area contributed by atoms with Gasteiger partial charge in [0.25, 0.3) is 0 Å². The van der Waals surface area contributed by atoms with Gasteiger partial charge in [-0.2, -0.15) is 0 Å². The second-order valence-electron chi connectivity index (χ2n) is 8.46. The van der Waals surface area contributed by atoms with E-state index in [2.05, 4.69) is 39.9 Å². The fourth-order valence-corrected chi connectivity index (χ4v) is 4.50. The summed E-state index contributed by atoms with van der Waals surface area (Å²) < 4.78 is 0. The highest BCUT2D eigenvalue weighted by Crippen LogP contribution is 2.22. The number of piperidine rings is 1. The van der Waals surface area contributed by atoms with Gasteiger partial charge in [-0.25, -0.2) is 0 Å². The molecule has 0 bridgehead atoms. The highest BCUT2D eigenvalue weighted by Gasteiger charge is 2.25. The van der Waals surface area contributed by atoms with Gasteiger partial charge >= 0.3 is 0 Å². The van der Waals surface area contributed by atoms with Gasteiger partial charge in [-0.1, -0.05) is 17.7 Å². The minimum Gasteiger partial charge on any atom is -0.354 e. The Bertz CT molecular complexity index is 689. The Morgan fingerprint density at radius 3 is 2.57 bits per heavy atom. The largest absolute Gasteiger partial charge is 0.354 e. The first-order valence-electron chi connectivity index (χ1n) is 10.5. The van der Waals surface area contributed by atoms with Crippen molar-refractivity contribution in [3.8, 4) is 0 Å². The van der Waals surface area contributed by atoms with Crippen molar-refractivity contribution in [2.24, 2.45) is 5.92 Å². The predicted octanol–water partition coefficient (Wildman–Crippen LogP) is 2.13. The van der Waals surface area contributed by atoms with Crippen molar-refractivity contribution < 1.29 is 9.59 Å². The van der Waals surface area contributed by atoms with Crippen LogP contribution in [-0.2, 0) is 9.59 Å². The van der Waals surface area contributed by atoms with Crippen molar-refractivity contribution in [3.63, 3.8) is 0 Å². The first kappa shape index (κ1) is 20.8. The van der Waals surface area contributed by atoms with Gasteiger partial charge in [0.2, 0.25) is 11.8 Å². The van der Waals surface area contributed by atoms with E-state index in [1.54, 1.807) is 0 Å². The maximum Gasteiger partial charge on any atom is 0.238 e. The molecule has 3 rings (SSSR count). The highest BCUT2D eigenvalue weighted by molar-refractivity contribution is 5.93. The molecule has 2 fully saturated rings. The Balaban J connectivity index is 1.46. The van der Waals surface area contributed by atoms with E-state index in [0.717, 1.165) is 62.1 Å². The molecular formula is C22H34N4O2. The molecule has 0 spiro atoms. The van der Waals surface area contributed by atoms with Crippen LogP contribution in [0.15, 0.2) is 12.1 Å². The number of nitrogens with one attached hydrogen (secondary N) is 3. The van der Waals surface area contributed by atoms with Gasteiger partial charge in [0.1, 0.15) is 0 Å². The number of hydrogen-bond donors (Lipinski definition) is 3. The molecule has 2 amide bonds. The lowest BCUT2D eigenvalue weighted by molar-refractivity contribution is -0.123. The summed E-state index contributed by atoms with van der Waals surface area (Å²) in [6.45, 7) is 9.98. The maximum atomic E-state index is 12.6. The van der Waals surface area contributed by atoms with E-state index < -0.39 is 0 Å². The number of rotatable bonds is 6. The smallest absolute Gasteiger partial charge is 0.238 e. The van der Waals surface area contributed by atoms with Crippen molar-refractivity contribution in [1.82, 2.24) is 15.5 Å². The maximum absolute atomic E-state index is 12.6. The molecule has 0 radical (unpaired) electrons. The molecule has 3 N–H and O–H groups in total. The number of carbonyl (C=O) groups excluding carboxylic acids is 2. The van der Waals surface area contributed by atoms with Crippen molar-refractivity contribution in [3.05, 3.63) is 28.8 Å². The summed E-state index contributed by atoms with van der Waals surface area (Å²) in [7, 11) is 0. The van der Waals surface area contributed by atoms with Crippen LogP contribution in [0.4, 0.5) is 5.69 Å². The van der Waals surface area contributed by atoms with Crippen molar-refractivity contribution in [2.75, 3.05) is 38.0 Å². The Hall–Kier alpha value is -1.92. The third-order valence-corrected chi connectivity index (χ3v) is 5.85. The van der Waals surface area contributed by atoms with Gasteiger partial charge in [-0.05, 0) is 76.6 Å². The van der Waals surface area contributed by atoms with Crippen molar-refractivity contribution in [1.29, 1.82) is 0 Å². The minimum absolute atomic E-state index is 0.0218. The number of aryl methyl sites for hydroxylation is 3. The summed E-state index contributed by atoms with van der Waals surface area (Å²) in [6, 6.07) is 4.18. The average Bonchev–Trinajstić information content (AvgIpc) is 3.18. The zero-order valence-corrected chi connectivity index (χ0v) is 17.4. The quantitative estimate of drug-likeness (QED) is 0.700. The lowest BCUT2D eigenvalue weighted by Crippen LogP contribution is -2.46. The third-order valence-electron chi connectivity index (χ3n) is 5.85. The molecule has 2 saturated heterocycles. The monoisotopic (exact) mass is 386 g/mol. The van der Waals surface area contributed by atoms with Gasteiger partial charge in [0.05, 0.1) is 12.6 Å². The lowest BCUT2D eigenvalue weighted by Gasteiger charge is -2.32. The molecule has 2 unspecified atom stereocenters. The SMILES string of the molecule is Cc1cc(C)c(NC(=O)CN2CCCC(CNC(=O)C3CCCN3)C2)c(C)c1. The van der Waals surface area contributed by atoms with Gasteiger partial charge in [0.15, 0.2) is 0 Å². The Morgan fingerprint density at radius 1 is 1.14 bits per heavy atom. The zero-order chi connectivity index (χ0) is 20.1. The molecule has 0 aliphatic carbocycles. The first-order chi connectivity index (χ1) is 13.4. The molecular weight excluding hydrogens is 352 g/mol. The van der Waals surface area contributed by atoms with E-state index in [1.165, 1.54) is 5.56 Å². The fraction of sp³-hybridized carbons (Fsp3) is 0.636. The van der Waals surface area contributed by atoms with Gasteiger partial charge in [-0.3, -0.25) is 14.5 Å². The Morgan fingerprint density at radius 2 is 1.89 bits per heavy atom. The minimum atomic E-state index is -0.0218. The second-order valence-corrected chi connectivity index (χ2v) is 8.46. The average molecular weight is 387 g/mol. The van der Waals surface area contributed by atoms with Crippen LogP contribution in [0.2, 0.25) is 0 Å². The highest BCUT2D eigenvalue weighted by atomic mass is 16.2. The molecule has 6 nitrogen and oxygen atoms in total. The van der Waals surface area contributed by atoms with Crippen molar-refractivity contribution >= 4 is 17.5 Å². The summed E-state index contributed by atoms with van der Waals surface area (Å²) >= 11 is 0. The lowest BCUT2D eigenvalue weighted by atomic mass is 9.97. The van der Waals surface area contributed by atoms with Crippen LogP contribution in [0.5, 0.6) is 0 Å². The van der Waals surface area contributed by atoms with E-state index in [-0.39, 0.29) is 17.9 Å². The number of benzene rings is 1. The molecule has 2 atom stereocenters. The molecule has 1 aromatic rings. The number of carbonyl (C=O) groups is 2. The van der Waals surface area contributed by atoms with Crippen LogP contribution in [0.1, 0.15) is 42.4 Å². The second kappa shape index (κ2) is 9.52. The molecule has 2 aliphatic heterocycles. The summed E-state index contributed by atoms with van der Waals surface area (Å²) in [6.07, 6.45) is 4.18. The van der Waals surface area contributed by atoms with Gasteiger partial charge < -0.3 is 16.0 Å². The molecule has 0 saturated carbocycles. The summed E-state index contributed by atoms with van der Waals surface area (Å²) in [4.78, 5) is 27.0. The van der Waals surface area contributed by atoms with Crippen LogP contribution in [0.3, 0.4) is 0 Å². The molecule has 1 aromatic carbocycles. The van der Waals surface area contributed by atoms with Gasteiger partial charge in [-0.15, -0.1) is 0 Å². The molecule has 2 aliphatic rings. The third kappa shape index (κ3) is 5.55. The van der Waals surface area contributed by atoms with Crippen molar-refractivity contribution in [2.45, 2.75) is 52.5 Å². The Labute approximate surface area is 168 Å². The first-order valence-corrected chi connectivity index (χ1v) is 10.5. The van der Waals surface area contributed by atoms with E-state index in [4.69, 9.17) is 0 Å². The predicted molar refractivity (Wildman–Crippen MR) is 112 cm³/mol. The Kier molecular flexibility index (Phi) is 7.08. The standard InChI is InChI=1S/C22H34N4O2/c1-15-10-16(2)21(17(3)11-15)25-20(27)14-26-9-5-6-18(13-26)12-24-22(28)19-7-4-8-23-19/h10-11,18-19,23H,4-9,12-14H2,1-3H3,(H,24,28)(H,25,27). The molecule has 0 aromatic heterocycles. The number of amides is 2. The zero-order valence-electron chi connectivity index (χ0n) is 17.4. The van der Waals surface area contributed by atoms with E-state index in [0.29, 0.717) is 19.0 Å². The van der Waals surface area contributed by atoms with Crippen LogP contribution in [-0.4, -0.2) is 55.5 Å². The van der Waals surface area contributed by atoms with Gasteiger partial charge in [0, 0.05) is 18.8 Å². The summed E-state index contributed by atoms with van der Waals surface area (Å²) in [5, 5.41) is 9.44. The van der Waals surface area contributed by atoms with Crippen LogP contribution >= 0.6 is 0 Å². The van der Waals surface area contributed by atoms with Crippen LogP contribution < -0.4 is 16.0 Å².